The maximum atomic E-state index is 11.9. The van der Waals surface area contributed by atoms with Crippen molar-refractivity contribution in [2.45, 2.75) is 104 Å². The zero-order valence-electron chi connectivity index (χ0n) is 17.9. The maximum Gasteiger partial charge on any atom is 0.306 e. The number of esters is 1. The topological polar surface area (TPSA) is 81.8 Å². The highest BCUT2D eigenvalue weighted by Crippen LogP contribution is 2.33. The van der Waals surface area contributed by atoms with Gasteiger partial charge in [0.15, 0.2) is 0 Å². The number of carbonyl (C=O) groups is 1. The third kappa shape index (κ3) is 7.72. The summed E-state index contributed by atoms with van der Waals surface area (Å²) in [5.41, 5.74) is 0.605. The van der Waals surface area contributed by atoms with Crippen molar-refractivity contribution in [2.24, 2.45) is 16.8 Å². The molecule has 0 aromatic carbocycles. The Bertz CT molecular complexity index is 619. The van der Waals surface area contributed by atoms with E-state index in [1.165, 1.54) is 38.3 Å². The van der Waals surface area contributed by atoms with Crippen LogP contribution in [-0.4, -0.2) is 28.8 Å². The molecule has 1 aliphatic carbocycles. The fourth-order valence-corrected chi connectivity index (χ4v) is 4.35. The maximum absolute atomic E-state index is 11.9. The molecule has 1 saturated carbocycles. The summed E-state index contributed by atoms with van der Waals surface area (Å²) in [7, 11) is 0. The first-order valence-corrected chi connectivity index (χ1v) is 10.7. The van der Waals surface area contributed by atoms with E-state index in [1.807, 2.05) is 27.7 Å². The summed E-state index contributed by atoms with van der Waals surface area (Å²) in [6, 6.07) is 0.190. The van der Waals surface area contributed by atoms with Crippen LogP contribution in [0, 0.1) is 22.0 Å². The molecular weight excluding hydrogens is 356 g/mol. The summed E-state index contributed by atoms with van der Waals surface area (Å²) in [6.07, 6.45) is 11.8. The van der Waals surface area contributed by atoms with Gasteiger partial charge in [-0.15, -0.1) is 0 Å². The van der Waals surface area contributed by atoms with E-state index in [4.69, 9.17) is 4.74 Å². The zero-order valence-corrected chi connectivity index (χ0v) is 17.9. The van der Waals surface area contributed by atoms with Gasteiger partial charge in [-0.05, 0) is 65.2 Å². The lowest BCUT2D eigenvalue weighted by Gasteiger charge is -2.21. The Kier molecular flexibility index (Phi) is 8.20. The highest BCUT2D eigenvalue weighted by molar-refractivity contribution is 5.77. The molecule has 3 atom stereocenters. The van der Waals surface area contributed by atoms with E-state index in [-0.39, 0.29) is 22.6 Å². The van der Waals surface area contributed by atoms with Crippen LogP contribution in [0.15, 0.2) is 16.3 Å². The van der Waals surface area contributed by atoms with Crippen LogP contribution in [0.4, 0.5) is 0 Å². The van der Waals surface area contributed by atoms with Crippen LogP contribution in [0.25, 0.3) is 0 Å². The first kappa shape index (κ1) is 22.6. The number of dihydropyridines is 1. The molecule has 0 bridgehead atoms. The van der Waals surface area contributed by atoms with Gasteiger partial charge in [-0.2, -0.15) is 0 Å². The van der Waals surface area contributed by atoms with Gasteiger partial charge in [0.2, 0.25) is 0 Å². The highest BCUT2D eigenvalue weighted by atomic mass is 16.6. The fourth-order valence-electron chi connectivity index (χ4n) is 4.35. The Morgan fingerprint density at radius 1 is 1.18 bits per heavy atom. The lowest BCUT2D eigenvalue weighted by atomic mass is 9.89. The average Bonchev–Trinajstić information content (AvgIpc) is 2.81. The number of ether oxygens (including phenoxy) is 1. The number of nitrogens with zero attached hydrogens (tertiary/aromatic N) is 2. The van der Waals surface area contributed by atoms with Crippen molar-refractivity contribution in [3.05, 3.63) is 21.4 Å². The van der Waals surface area contributed by atoms with E-state index >= 15 is 0 Å². The lowest BCUT2D eigenvalue weighted by molar-refractivity contribution is -0.415. The summed E-state index contributed by atoms with van der Waals surface area (Å²) in [6.45, 7) is 7.57. The van der Waals surface area contributed by atoms with E-state index in [1.54, 1.807) is 0 Å². The third-order valence-corrected chi connectivity index (χ3v) is 5.88. The molecule has 0 aromatic heterocycles. The van der Waals surface area contributed by atoms with Gasteiger partial charge in [-0.25, -0.2) is 0 Å². The zero-order chi connectivity index (χ0) is 20.7. The number of hydrogen-bond acceptors (Lipinski definition) is 5. The molecule has 0 radical (unpaired) electrons. The van der Waals surface area contributed by atoms with Crippen LogP contribution in [0.5, 0.6) is 0 Å². The third-order valence-electron chi connectivity index (χ3n) is 5.88. The summed E-state index contributed by atoms with van der Waals surface area (Å²) in [5.74, 6) is 1.25. The normalized spacial score (nSPS) is 26.1. The second kappa shape index (κ2) is 10.2. The molecule has 2 rings (SSSR count). The van der Waals surface area contributed by atoms with Crippen molar-refractivity contribution < 1.29 is 14.5 Å². The van der Waals surface area contributed by atoms with Crippen molar-refractivity contribution in [3.8, 4) is 0 Å². The van der Waals surface area contributed by atoms with Crippen molar-refractivity contribution in [1.29, 1.82) is 0 Å². The van der Waals surface area contributed by atoms with Crippen LogP contribution in [0.3, 0.4) is 0 Å². The van der Waals surface area contributed by atoms with Gasteiger partial charge >= 0.3 is 5.97 Å². The Labute approximate surface area is 169 Å². The molecule has 6 heteroatoms. The Morgan fingerprint density at radius 2 is 1.82 bits per heavy atom. The van der Waals surface area contributed by atoms with Crippen molar-refractivity contribution in [2.75, 3.05) is 0 Å². The molecule has 0 amide bonds. The Morgan fingerprint density at radius 3 is 2.39 bits per heavy atom. The first-order chi connectivity index (χ1) is 13.1. The first-order valence-electron chi connectivity index (χ1n) is 10.7. The number of aliphatic imine (C=N–C) groups is 1. The minimum atomic E-state index is -0.402. The fraction of sp³-hybridized carbons (Fsp3) is 0.818. The highest BCUT2D eigenvalue weighted by Gasteiger charge is 2.25. The summed E-state index contributed by atoms with van der Waals surface area (Å²) >= 11 is 0. The van der Waals surface area contributed by atoms with Gasteiger partial charge in [0.25, 0.3) is 5.70 Å². The van der Waals surface area contributed by atoms with Crippen LogP contribution in [0.2, 0.25) is 0 Å². The largest absolute Gasteiger partial charge is 0.460 e. The van der Waals surface area contributed by atoms with Crippen molar-refractivity contribution in [3.63, 3.8) is 0 Å². The quantitative estimate of drug-likeness (QED) is 0.249. The van der Waals surface area contributed by atoms with Gasteiger partial charge in [0.1, 0.15) is 5.60 Å². The molecule has 6 nitrogen and oxygen atoms in total. The van der Waals surface area contributed by atoms with E-state index in [2.05, 4.69) is 4.99 Å². The molecule has 0 saturated heterocycles. The standard InChI is InChI=1S/C22H36N2O4/c1-16-14-19(23-15-20(16)24(26)27)12-10-17-6-5-7-18(9-8-17)11-13-21(25)28-22(2,3)4/h15,17-19H,5-14H2,1-4H3. The average molecular weight is 393 g/mol. The van der Waals surface area contributed by atoms with Gasteiger partial charge in [-0.3, -0.25) is 19.9 Å². The van der Waals surface area contributed by atoms with Crippen molar-refractivity contribution in [1.82, 2.24) is 0 Å². The van der Waals surface area contributed by atoms with E-state index in [0.29, 0.717) is 24.7 Å². The molecule has 3 unspecified atom stereocenters. The SMILES string of the molecule is CC1=C([N+](=O)[O-])C=NC(CCC2CCCC(CCC(=O)OC(C)(C)C)CC2)C1. The smallest absolute Gasteiger partial charge is 0.306 e. The van der Waals surface area contributed by atoms with E-state index in [9.17, 15) is 14.9 Å². The molecule has 0 aromatic rings. The molecule has 1 heterocycles. The minimum absolute atomic E-state index is 0.0824. The van der Waals surface area contributed by atoms with Gasteiger partial charge in [0, 0.05) is 12.0 Å². The number of rotatable bonds is 7. The predicted molar refractivity (Wildman–Crippen MR) is 111 cm³/mol. The van der Waals surface area contributed by atoms with E-state index < -0.39 is 5.60 Å². The number of hydrogen-bond donors (Lipinski definition) is 0. The molecule has 0 spiro atoms. The van der Waals surface area contributed by atoms with Crippen molar-refractivity contribution >= 4 is 12.2 Å². The minimum Gasteiger partial charge on any atom is -0.460 e. The second-order valence-corrected chi connectivity index (χ2v) is 9.50. The van der Waals surface area contributed by atoms with Gasteiger partial charge < -0.3 is 4.74 Å². The Balaban J connectivity index is 1.69. The molecule has 0 N–H and O–H groups in total. The lowest BCUT2D eigenvalue weighted by Crippen LogP contribution is -2.24. The van der Waals surface area contributed by atoms with Crippen LogP contribution in [-0.2, 0) is 9.53 Å². The number of carbonyl (C=O) groups excluding carboxylic acids is 1. The second-order valence-electron chi connectivity index (χ2n) is 9.50. The number of nitro groups is 1. The van der Waals surface area contributed by atoms with Crippen LogP contribution < -0.4 is 0 Å². The summed E-state index contributed by atoms with van der Waals surface area (Å²) in [4.78, 5) is 26.9. The molecule has 1 fully saturated rings. The van der Waals surface area contributed by atoms with Crippen LogP contribution >= 0.6 is 0 Å². The monoisotopic (exact) mass is 392 g/mol. The van der Waals surface area contributed by atoms with Crippen LogP contribution in [0.1, 0.15) is 91.9 Å². The van der Waals surface area contributed by atoms with Gasteiger partial charge in [0.05, 0.1) is 17.2 Å². The molecule has 158 valence electrons. The predicted octanol–water partition coefficient (Wildman–Crippen LogP) is 5.48. The molecular formula is C22H36N2O4. The molecule has 28 heavy (non-hydrogen) atoms. The molecule has 1 aliphatic heterocycles. The Hall–Kier alpha value is -1.72. The summed E-state index contributed by atoms with van der Waals surface area (Å²) < 4.78 is 5.42. The molecule has 2 aliphatic rings. The van der Waals surface area contributed by atoms with E-state index in [0.717, 1.165) is 24.8 Å². The van der Waals surface area contributed by atoms with Gasteiger partial charge in [-0.1, -0.05) is 32.1 Å². The summed E-state index contributed by atoms with van der Waals surface area (Å²) in [5, 5.41) is 10.9. The number of allylic oxidation sites excluding steroid dienone is 1.